The molecule has 2 aliphatic carbocycles. The molecule has 0 aromatic heterocycles. The van der Waals surface area contributed by atoms with E-state index in [1.54, 1.807) is 0 Å². The Balaban J connectivity index is 2.28. The van der Waals surface area contributed by atoms with Gasteiger partial charge < -0.3 is 5.11 Å². The van der Waals surface area contributed by atoms with Gasteiger partial charge in [-0.15, -0.1) is 0 Å². The molecule has 0 radical (unpaired) electrons. The van der Waals surface area contributed by atoms with Gasteiger partial charge in [-0.1, -0.05) is 20.8 Å². The fourth-order valence-corrected chi connectivity index (χ4v) is 3.35. The van der Waals surface area contributed by atoms with E-state index in [1.165, 1.54) is 0 Å². The quantitative estimate of drug-likeness (QED) is 0.643. The molecule has 0 spiro atoms. The summed E-state index contributed by atoms with van der Waals surface area (Å²) in [4.78, 5) is 11.7. The second-order valence-electron chi connectivity index (χ2n) is 5.80. The summed E-state index contributed by atoms with van der Waals surface area (Å²) in [6.45, 7) is 6.33. The molecule has 2 fully saturated rings. The lowest BCUT2D eigenvalue weighted by Gasteiger charge is -2.33. The maximum absolute atomic E-state index is 11.7. The molecule has 2 nitrogen and oxygen atoms in total. The van der Waals surface area contributed by atoms with Gasteiger partial charge in [0.2, 0.25) is 0 Å². The van der Waals surface area contributed by atoms with Crippen molar-refractivity contribution in [3.63, 3.8) is 0 Å². The van der Waals surface area contributed by atoms with Gasteiger partial charge in [-0.3, -0.25) is 4.79 Å². The van der Waals surface area contributed by atoms with Crippen molar-refractivity contribution in [1.82, 2.24) is 0 Å². The summed E-state index contributed by atoms with van der Waals surface area (Å²) in [6, 6.07) is 0. The maximum Gasteiger partial charge on any atom is 0.136 e. The van der Waals surface area contributed by atoms with Crippen molar-refractivity contribution in [2.75, 3.05) is 0 Å². The Morgan fingerprint density at radius 1 is 1.43 bits per heavy atom. The van der Waals surface area contributed by atoms with Gasteiger partial charge in [-0.25, -0.2) is 0 Å². The summed E-state index contributed by atoms with van der Waals surface area (Å²) in [5.41, 5.74) is -0.0659. The number of aliphatic hydroxyl groups excluding tert-OH is 1. The van der Waals surface area contributed by atoms with E-state index in [0.29, 0.717) is 11.7 Å². The van der Waals surface area contributed by atoms with Gasteiger partial charge in [0.25, 0.3) is 0 Å². The maximum atomic E-state index is 11.7. The SMILES string of the molecule is C[C@@H]1CCC(=O)C2CC(C)(C)[C@@H](O)[C@H]21. The van der Waals surface area contributed by atoms with Crippen LogP contribution in [0.1, 0.15) is 40.0 Å². The molecule has 2 rings (SSSR count). The number of rotatable bonds is 0. The van der Waals surface area contributed by atoms with E-state index in [1.807, 2.05) is 0 Å². The van der Waals surface area contributed by atoms with Crippen LogP contribution in [0.4, 0.5) is 0 Å². The second kappa shape index (κ2) is 3.06. The Morgan fingerprint density at radius 2 is 2.07 bits per heavy atom. The van der Waals surface area contributed by atoms with E-state index in [0.717, 1.165) is 19.3 Å². The Morgan fingerprint density at radius 3 is 2.64 bits per heavy atom. The van der Waals surface area contributed by atoms with Crippen LogP contribution in [0, 0.1) is 23.2 Å². The van der Waals surface area contributed by atoms with Crippen molar-refractivity contribution in [2.24, 2.45) is 23.2 Å². The highest BCUT2D eigenvalue weighted by atomic mass is 16.3. The zero-order valence-electron chi connectivity index (χ0n) is 9.29. The van der Waals surface area contributed by atoms with Crippen molar-refractivity contribution in [2.45, 2.75) is 46.1 Å². The number of hydrogen-bond donors (Lipinski definition) is 1. The molecule has 0 bridgehead atoms. The predicted octanol–water partition coefficient (Wildman–Crippen LogP) is 2.01. The van der Waals surface area contributed by atoms with Crippen LogP contribution in [-0.4, -0.2) is 17.0 Å². The minimum absolute atomic E-state index is 0.0659. The summed E-state index contributed by atoms with van der Waals surface area (Å²) in [5.74, 6) is 1.27. The van der Waals surface area contributed by atoms with Crippen molar-refractivity contribution >= 4 is 5.78 Å². The lowest BCUT2D eigenvalue weighted by molar-refractivity contribution is -0.128. The number of Topliss-reactive ketones (excluding diaryl/α,β-unsaturated/α-hetero) is 1. The average molecular weight is 196 g/mol. The molecule has 2 aliphatic rings. The third-order valence-corrected chi connectivity index (χ3v) is 4.29. The van der Waals surface area contributed by atoms with E-state index < -0.39 is 0 Å². The smallest absolute Gasteiger partial charge is 0.136 e. The molecule has 0 saturated heterocycles. The molecule has 1 unspecified atom stereocenters. The van der Waals surface area contributed by atoms with Crippen molar-refractivity contribution < 1.29 is 9.90 Å². The lowest BCUT2D eigenvalue weighted by Crippen LogP contribution is -2.37. The number of carbonyl (C=O) groups excluding carboxylic acids is 1. The van der Waals surface area contributed by atoms with E-state index >= 15 is 0 Å². The van der Waals surface area contributed by atoms with Crippen LogP contribution < -0.4 is 0 Å². The van der Waals surface area contributed by atoms with Crippen LogP contribution in [0.2, 0.25) is 0 Å². The molecule has 0 aromatic carbocycles. The average Bonchev–Trinajstić information content (AvgIpc) is 2.33. The van der Waals surface area contributed by atoms with Crippen LogP contribution in [-0.2, 0) is 4.79 Å². The molecular formula is C12H20O2. The van der Waals surface area contributed by atoms with E-state index in [-0.39, 0.29) is 23.4 Å². The van der Waals surface area contributed by atoms with E-state index in [9.17, 15) is 9.90 Å². The molecule has 0 heterocycles. The third kappa shape index (κ3) is 1.31. The highest BCUT2D eigenvalue weighted by molar-refractivity contribution is 5.82. The van der Waals surface area contributed by atoms with Crippen molar-refractivity contribution in [3.8, 4) is 0 Å². The molecule has 2 saturated carbocycles. The highest BCUT2D eigenvalue weighted by Gasteiger charge is 2.53. The van der Waals surface area contributed by atoms with Crippen molar-refractivity contribution in [1.29, 1.82) is 0 Å². The second-order valence-corrected chi connectivity index (χ2v) is 5.80. The Hall–Kier alpha value is -0.370. The summed E-state index contributed by atoms with van der Waals surface area (Å²) in [5, 5.41) is 10.2. The predicted molar refractivity (Wildman–Crippen MR) is 54.8 cm³/mol. The molecule has 0 aromatic rings. The molecule has 0 aliphatic heterocycles. The Bertz CT molecular complexity index is 257. The lowest BCUT2D eigenvalue weighted by atomic mass is 9.73. The number of fused-ring (bicyclic) bond motifs is 1. The number of ketones is 1. The summed E-state index contributed by atoms with van der Waals surface area (Å²) < 4.78 is 0. The van der Waals surface area contributed by atoms with Crippen molar-refractivity contribution in [3.05, 3.63) is 0 Å². The summed E-state index contributed by atoms with van der Waals surface area (Å²) in [6.07, 6.45) is 2.28. The largest absolute Gasteiger partial charge is 0.392 e. The fraction of sp³-hybridized carbons (Fsp3) is 0.917. The first-order chi connectivity index (χ1) is 6.43. The highest BCUT2D eigenvalue weighted by Crippen LogP contribution is 2.51. The first kappa shape index (κ1) is 10.2. The van der Waals surface area contributed by atoms with Crippen LogP contribution in [0.15, 0.2) is 0 Å². The molecule has 4 atom stereocenters. The Kier molecular flexibility index (Phi) is 2.22. The minimum Gasteiger partial charge on any atom is -0.392 e. The molecule has 14 heavy (non-hydrogen) atoms. The zero-order chi connectivity index (χ0) is 10.5. The summed E-state index contributed by atoms with van der Waals surface area (Å²) >= 11 is 0. The van der Waals surface area contributed by atoms with Gasteiger partial charge in [0.15, 0.2) is 0 Å². The summed E-state index contributed by atoms with van der Waals surface area (Å²) in [7, 11) is 0. The topological polar surface area (TPSA) is 37.3 Å². The number of hydrogen-bond acceptors (Lipinski definition) is 2. The minimum atomic E-state index is -0.285. The molecular weight excluding hydrogens is 176 g/mol. The van der Waals surface area contributed by atoms with Gasteiger partial charge in [0.1, 0.15) is 5.78 Å². The number of aliphatic hydroxyl groups is 1. The van der Waals surface area contributed by atoms with E-state index in [4.69, 9.17) is 0 Å². The van der Waals surface area contributed by atoms with Gasteiger partial charge in [0, 0.05) is 12.3 Å². The van der Waals surface area contributed by atoms with Gasteiger partial charge >= 0.3 is 0 Å². The third-order valence-electron chi connectivity index (χ3n) is 4.29. The first-order valence-corrected chi connectivity index (χ1v) is 5.64. The van der Waals surface area contributed by atoms with Crippen LogP contribution in [0.25, 0.3) is 0 Å². The monoisotopic (exact) mass is 196 g/mol. The van der Waals surface area contributed by atoms with Crippen LogP contribution in [0.3, 0.4) is 0 Å². The molecule has 80 valence electrons. The Labute approximate surface area is 85.7 Å². The molecule has 1 N–H and O–H groups in total. The van der Waals surface area contributed by atoms with Gasteiger partial charge in [-0.2, -0.15) is 0 Å². The molecule has 0 amide bonds. The standard InChI is InChI=1S/C12H20O2/c1-7-4-5-9(13)8-6-12(2,3)11(14)10(7)8/h7-8,10-11,14H,4-6H2,1-3H3/t7-,8?,10+,11+/m1/s1. The molecule has 2 heteroatoms. The van der Waals surface area contributed by atoms with E-state index in [2.05, 4.69) is 20.8 Å². The van der Waals surface area contributed by atoms with Crippen LogP contribution in [0.5, 0.6) is 0 Å². The normalized spacial score (nSPS) is 46.4. The first-order valence-electron chi connectivity index (χ1n) is 5.64. The van der Waals surface area contributed by atoms with Crippen LogP contribution >= 0.6 is 0 Å². The fourth-order valence-electron chi connectivity index (χ4n) is 3.35. The number of carbonyl (C=O) groups is 1. The van der Waals surface area contributed by atoms with Gasteiger partial charge in [0.05, 0.1) is 6.10 Å². The zero-order valence-corrected chi connectivity index (χ0v) is 9.29. The van der Waals surface area contributed by atoms with Gasteiger partial charge in [-0.05, 0) is 30.1 Å².